The van der Waals surface area contributed by atoms with Gasteiger partial charge >= 0.3 is 0 Å². The maximum atomic E-state index is 13.2. The number of rotatable bonds is 2. The topological polar surface area (TPSA) is 138 Å². The highest BCUT2D eigenvalue weighted by Gasteiger charge is 2.20. The van der Waals surface area contributed by atoms with E-state index >= 15 is 0 Å². The molecule has 2 heterocycles. The van der Waals surface area contributed by atoms with E-state index in [0.717, 1.165) is 6.07 Å². The lowest BCUT2D eigenvalue weighted by Gasteiger charge is -2.16. The Hall–Kier alpha value is -4.51. The van der Waals surface area contributed by atoms with Gasteiger partial charge in [0.1, 0.15) is 5.65 Å². The van der Waals surface area contributed by atoms with Gasteiger partial charge in [0.2, 0.25) is 0 Å². The number of pyridine rings is 1. The smallest absolute Gasteiger partial charge is 0.264 e. The van der Waals surface area contributed by atoms with Crippen LogP contribution in [-0.2, 0) is 0 Å². The van der Waals surface area contributed by atoms with Crippen molar-refractivity contribution in [3.05, 3.63) is 69.5 Å². The van der Waals surface area contributed by atoms with Gasteiger partial charge in [-0.1, -0.05) is 12.1 Å². The van der Waals surface area contributed by atoms with Crippen LogP contribution in [0.1, 0.15) is 26.3 Å². The maximum absolute atomic E-state index is 13.2. The molecule has 0 atom stereocenters. The Morgan fingerprint density at radius 1 is 0.931 bits per heavy atom. The maximum Gasteiger partial charge on any atom is 0.264 e. The Balaban J connectivity index is 2.13. The molecule has 29 heavy (non-hydrogen) atoms. The minimum absolute atomic E-state index is 0.122. The van der Waals surface area contributed by atoms with Crippen molar-refractivity contribution in [3.63, 3.8) is 0 Å². The van der Waals surface area contributed by atoms with Gasteiger partial charge < -0.3 is 19.8 Å². The molecule has 138 valence electrons. The first kappa shape index (κ1) is 16.6. The van der Waals surface area contributed by atoms with E-state index < -0.39 is 17.5 Å². The third-order valence-electron chi connectivity index (χ3n) is 5.06. The lowest BCUT2D eigenvalue weighted by molar-refractivity contribution is -0.255. The second-order valence-corrected chi connectivity index (χ2v) is 6.54. The largest absolute Gasteiger partial charge is 0.545 e. The normalized spacial score (nSPS) is 11.4. The first-order valence-electron chi connectivity index (χ1n) is 8.42. The van der Waals surface area contributed by atoms with E-state index in [1.54, 1.807) is 12.1 Å². The minimum atomic E-state index is -1.57. The molecule has 2 aromatic heterocycles. The highest BCUT2D eigenvalue weighted by atomic mass is 16.4. The Morgan fingerprint density at radius 3 is 2.21 bits per heavy atom. The SMILES string of the molecule is N#Cc1ccc2nc3c4ccc(C(=O)[O-])c5c(C(=O)[O-])ccc(c(=O)n3c2c1)c54. The molecule has 0 bridgehead atoms. The molecule has 0 aliphatic carbocycles. The van der Waals surface area contributed by atoms with Gasteiger partial charge in [-0.05, 0) is 30.3 Å². The second-order valence-electron chi connectivity index (χ2n) is 6.54. The van der Waals surface area contributed by atoms with Gasteiger partial charge in [-0.25, -0.2) is 4.98 Å². The summed E-state index contributed by atoms with van der Waals surface area (Å²) in [4.78, 5) is 40.9. The lowest BCUT2D eigenvalue weighted by atomic mass is 9.94. The van der Waals surface area contributed by atoms with Crippen LogP contribution in [0.15, 0.2) is 47.3 Å². The van der Waals surface area contributed by atoms with Crippen molar-refractivity contribution in [2.75, 3.05) is 0 Å². The summed E-state index contributed by atoms with van der Waals surface area (Å²) >= 11 is 0. The lowest BCUT2D eigenvalue weighted by Crippen LogP contribution is -2.26. The number of carboxylic acids is 2. The zero-order valence-corrected chi connectivity index (χ0v) is 14.4. The molecule has 0 aliphatic rings. The first-order chi connectivity index (χ1) is 13.9. The van der Waals surface area contributed by atoms with Gasteiger partial charge in [0.25, 0.3) is 5.56 Å². The summed E-state index contributed by atoms with van der Waals surface area (Å²) in [7, 11) is 0. The molecular weight excluding hydrogens is 374 g/mol. The van der Waals surface area contributed by atoms with E-state index in [4.69, 9.17) is 5.26 Å². The molecular formula is C21H7N3O5-2. The number of nitrogens with zero attached hydrogens (tertiary/aromatic N) is 3. The molecule has 0 N–H and O–H groups in total. The van der Waals surface area contributed by atoms with Crippen LogP contribution in [0.25, 0.3) is 38.2 Å². The monoisotopic (exact) mass is 381 g/mol. The van der Waals surface area contributed by atoms with E-state index in [1.807, 2.05) is 6.07 Å². The van der Waals surface area contributed by atoms with Crippen molar-refractivity contribution < 1.29 is 19.8 Å². The number of carbonyl (C=O) groups excluding carboxylic acids is 2. The highest BCUT2D eigenvalue weighted by molar-refractivity contribution is 6.24. The molecule has 0 spiro atoms. The molecule has 8 nitrogen and oxygen atoms in total. The van der Waals surface area contributed by atoms with Crippen molar-refractivity contribution in [3.8, 4) is 6.07 Å². The predicted molar refractivity (Wildman–Crippen MR) is 98.5 cm³/mol. The number of nitriles is 1. The average molecular weight is 381 g/mol. The Bertz CT molecular complexity index is 1620. The van der Waals surface area contributed by atoms with Gasteiger partial charge in [-0.3, -0.25) is 9.20 Å². The number of aromatic nitrogens is 2. The van der Waals surface area contributed by atoms with Crippen LogP contribution in [0.4, 0.5) is 0 Å². The number of aromatic carboxylic acids is 2. The van der Waals surface area contributed by atoms with E-state index in [-0.39, 0.29) is 32.9 Å². The molecule has 3 aromatic carbocycles. The minimum Gasteiger partial charge on any atom is -0.545 e. The molecule has 0 radical (unpaired) electrons. The fourth-order valence-electron chi connectivity index (χ4n) is 3.85. The van der Waals surface area contributed by atoms with Crippen LogP contribution in [0.2, 0.25) is 0 Å². The summed E-state index contributed by atoms with van der Waals surface area (Å²) in [5.74, 6) is -3.14. The van der Waals surface area contributed by atoms with E-state index in [2.05, 4.69) is 4.98 Å². The van der Waals surface area contributed by atoms with Crippen molar-refractivity contribution in [1.29, 1.82) is 5.26 Å². The number of carboxylic acid groups (broad SMARTS) is 2. The summed E-state index contributed by atoms with van der Waals surface area (Å²) in [5.41, 5.74) is 0.271. The van der Waals surface area contributed by atoms with Crippen molar-refractivity contribution in [1.82, 2.24) is 9.38 Å². The fourth-order valence-corrected chi connectivity index (χ4v) is 3.85. The van der Waals surface area contributed by atoms with Crippen LogP contribution < -0.4 is 15.8 Å². The third-order valence-corrected chi connectivity index (χ3v) is 5.06. The zero-order valence-electron chi connectivity index (χ0n) is 14.4. The highest BCUT2D eigenvalue weighted by Crippen LogP contribution is 2.33. The Morgan fingerprint density at radius 2 is 1.59 bits per heavy atom. The van der Waals surface area contributed by atoms with E-state index in [9.17, 15) is 24.6 Å². The van der Waals surface area contributed by atoms with Gasteiger partial charge in [0.05, 0.1) is 34.6 Å². The van der Waals surface area contributed by atoms with Crippen LogP contribution in [0, 0.1) is 11.3 Å². The molecule has 0 fully saturated rings. The summed E-state index contributed by atoms with van der Waals surface area (Å²) in [6.45, 7) is 0. The number of hydrogen-bond acceptors (Lipinski definition) is 7. The van der Waals surface area contributed by atoms with Gasteiger partial charge in [0, 0.05) is 32.7 Å². The van der Waals surface area contributed by atoms with Gasteiger partial charge in [-0.2, -0.15) is 5.26 Å². The second kappa shape index (κ2) is 5.50. The zero-order chi connectivity index (χ0) is 20.4. The molecule has 0 amide bonds. The molecule has 0 saturated heterocycles. The first-order valence-corrected chi connectivity index (χ1v) is 8.42. The molecule has 5 aromatic rings. The molecule has 0 saturated carbocycles. The number of benzene rings is 3. The summed E-state index contributed by atoms with van der Waals surface area (Å²) < 4.78 is 1.34. The third kappa shape index (κ3) is 2.06. The van der Waals surface area contributed by atoms with Gasteiger partial charge in [0.15, 0.2) is 0 Å². The van der Waals surface area contributed by atoms with Gasteiger partial charge in [-0.15, -0.1) is 0 Å². The molecule has 5 rings (SSSR count). The summed E-state index contributed by atoms with van der Waals surface area (Å²) in [5, 5.41) is 32.9. The summed E-state index contributed by atoms with van der Waals surface area (Å²) in [6, 6.07) is 11.9. The fraction of sp³-hybridized carbons (Fsp3) is 0. The van der Waals surface area contributed by atoms with Crippen molar-refractivity contribution >= 4 is 50.2 Å². The number of hydrogen-bond donors (Lipinski definition) is 0. The predicted octanol–water partition coefficient (Wildman–Crippen LogP) is 0.191. The van der Waals surface area contributed by atoms with Crippen LogP contribution in [0.3, 0.4) is 0 Å². The quantitative estimate of drug-likeness (QED) is 0.425. The van der Waals surface area contributed by atoms with Crippen molar-refractivity contribution in [2.45, 2.75) is 0 Å². The van der Waals surface area contributed by atoms with Crippen LogP contribution in [-0.4, -0.2) is 21.3 Å². The van der Waals surface area contributed by atoms with E-state index in [1.165, 1.54) is 28.7 Å². The molecule has 0 unspecified atom stereocenters. The summed E-state index contributed by atoms with van der Waals surface area (Å²) in [6.07, 6.45) is 0. The van der Waals surface area contributed by atoms with Crippen molar-refractivity contribution in [2.24, 2.45) is 0 Å². The molecule has 8 heteroatoms. The van der Waals surface area contributed by atoms with Crippen LogP contribution >= 0.6 is 0 Å². The number of carbonyl (C=O) groups is 2. The Kier molecular flexibility index (Phi) is 3.16. The van der Waals surface area contributed by atoms with Crippen LogP contribution in [0.5, 0.6) is 0 Å². The Labute approximate surface area is 160 Å². The molecule has 0 aliphatic heterocycles. The number of fused-ring (bicyclic) bond motifs is 4. The number of imidazole rings is 1. The standard InChI is InChI=1S/C21H9N3O5/c22-8-9-1-6-14-15(7-9)24-18(23-14)10-2-4-12(20(26)27)17-13(21(28)29)5-3-11(16(10)17)19(24)25/h1-7H,(H,26,27)(H,28,29)/p-2. The van der Waals surface area contributed by atoms with E-state index in [0.29, 0.717) is 22.0 Å². The average Bonchev–Trinajstić information content (AvgIpc) is 3.09.